The van der Waals surface area contributed by atoms with Crippen molar-refractivity contribution in [2.24, 2.45) is 0 Å². The zero-order valence-electron chi connectivity index (χ0n) is 15.7. The highest BCUT2D eigenvalue weighted by atomic mass is 35.5. The van der Waals surface area contributed by atoms with E-state index in [1.165, 1.54) is 6.07 Å². The standard InChI is InChI=1S/C20H20ClF2N5O/c1-27-7-3-4-11(10-27)20-25-17-14(9-15(22)16(23)18(17)26-20)19(24)28(29)13-6-2-5-12(21)8-13/h2,5-6,8-9,11,24,29H,3-4,7,10H2,1H3,(H,25,26). The maximum absolute atomic E-state index is 14.4. The van der Waals surface area contributed by atoms with Gasteiger partial charge in [-0.05, 0) is 50.7 Å². The van der Waals surface area contributed by atoms with Gasteiger partial charge in [-0.2, -0.15) is 0 Å². The number of rotatable bonds is 3. The number of likely N-dealkylation sites (tertiary alicyclic amines) is 1. The highest BCUT2D eigenvalue weighted by molar-refractivity contribution is 6.31. The second kappa shape index (κ2) is 7.70. The molecule has 1 aliphatic rings. The van der Waals surface area contributed by atoms with E-state index in [1.54, 1.807) is 18.2 Å². The first-order valence-corrected chi connectivity index (χ1v) is 9.62. The van der Waals surface area contributed by atoms with Crippen molar-refractivity contribution in [2.75, 3.05) is 25.2 Å². The van der Waals surface area contributed by atoms with E-state index in [4.69, 9.17) is 17.0 Å². The van der Waals surface area contributed by atoms with Gasteiger partial charge in [-0.3, -0.25) is 10.6 Å². The Labute approximate surface area is 171 Å². The normalized spacial score (nSPS) is 17.6. The van der Waals surface area contributed by atoms with Crippen LogP contribution in [0.5, 0.6) is 0 Å². The number of benzene rings is 2. The van der Waals surface area contributed by atoms with Crippen molar-refractivity contribution < 1.29 is 14.0 Å². The van der Waals surface area contributed by atoms with E-state index in [0.29, 0.717) is 15.9 Å². The number of nitrogens with zero attached hydrogens (tertiary/aromatic N) is 3. The Morgan fingerprint density at radius 3 is 2.90 bits per heavy atom. The molecule has 4 rings (SSSR count). The summed E-state index contributed by atoms with van der Waals surface area (Å²) in [6.45, 7) is 1.74. The number of aromatic nitrogens is 2. The number of nitrogens with one attached hydrogen (secondary N) is 2. The molecule has 0 spiro atoms. The fourth-order valence-corrected chi connectivity index (χ4v) is 3.93. The minimum atomic E-state index is -1.13. The van der Waals surface area contributed by atoms with Crippen LogP contribution in [0.4, 0.5) is 14.5 Å². The highest BCUT2D eigenvalue weighted by Crippen LogP contribution is 2.30. The summed E-state index contributed by atoms with van der Waals surface area (Å²) in [7, 11) is 2.00. The smallest absolute Gasteiger partial charge is 0.186 e. The highest BCUT2D eigenvalue weighted by Gasteiger charge is 2.26. The van der Waals surface area contributed by atoms with E-state index in [0.717, 1.165) is 32.0 Å². The number of anilines is 1. The molecule has 2 aromatic carbocycles. The Morgan fingerprint density at radius 2 is 2.17 bits per heavy atom. The van der Waals surface area contributed by atoms with E-state index in [9.17, 15) is 14.0 Å². The van der Waals surface area contributed by atoms with E-state index in [1.807, 2.05) is 7.05 Å². The van der Waals surface area contributed by atoms with E-state index < -0.39 is 17.5 Å². The summed E-state index contributed by atoms with van der Waals surface area (Å²) in [6, 6.07) is 7.14. The summed E-state index contributed by atoms with van der Waals surface area (Å²) >= 11 is 5.94. The zero-order valence-corrected chi connectivity index (χ0v) is 16.5. The third-order valence-corrected chi connectivity index (χ3v) is 5.45. The van der Waals surface area contributed by atoms with Gasteiger partial charge in [0.25, 0.3) is 0 Å². The number of fused-ring (bicyclic) bond motifs is 1. The maximum Gasteiger partial charge on any atom is 0.186 e. The molecule has 1 aliphatic heterocycles. The van der Waals surface area contributed by atoms with Crippen LogP contribution < -0.4 is 5.06 Å². The fourth-order valence-electron chi connectivity index (χ4n) is 3.74. The lowest BCUT2D eigenvalue weighted by Gasteiger charge is -2.28. The molecule has 152 valence electrons. The van der Waals surface area contributed by atoms with Crippen LogP contribution in [0.1, 0.15) is 30.1 Å². The molecule has 0 bridgehead atoms. The van der Waals surface area contributed by atoms with Crippen molar-refractivity contribution in [2.45, 2.75) is 18.8 Å². The molecule has 0 aliphatic carbocycles. The molecule has 9 heteroatoms. The topological polar surface area (TPSA) is 79.2 Å². The summed E-state index contributed by atoms with van der Waals surface area (Å²) in [5, 5.41) is 19.8. The number of hydroxylamine groups is 1. The Morgan fingerprint density at radius 1 is 1.38 bits per heavy atom. The molecule has 1 atom stereocenters. The minimum absolute atomic E-state index is 0.00397. The molecule has 6 nitrogen and oxygen atoms in total. The molecular weight excluding hydrogens is 400 g/mol. The third kappa shape index (κ3) is 3.71. The summed E-state index contributed by atoms with van der Waals surface area (Å²) in [6.07, 6.45) is 1.87. The first-order valence-electron chi connectivity index (χ1n) is 9.24. The number of H-pyrrole nitrogens is 1. The largest absolute Gasteiger partial charge is 0.341 e. The average molecular weight is 420 g/mol. The Kier molecular flexibility index (Phi) is 5.24. The molecule has 1 saturated heterocycles. The van der Waals surface area contributed by atoms with Gasteiger partial charge in [0.2, 0.25) is 0 Å². The van der Waals surface area contributed by atoms with Crippen molar-refractivity contribution in [3.05, 3.63) is 58.4 Å². The Bertz CT molecular complexity index is 1090. The van der Waals surface area contributed by atoms with Gasteiger partial charge < -0.3 is 9.88 Å². The quantitative estimate of drug-likeness (QED) is 0.331. The Hall–Kier alpha value is -2.55. The molecule has 3 N–H and O–H groups in total. The lowest BCUT2D eigenvalue weighted by Crippen LogP contribution is -2.31. The molecular formula is C20H20ClF2N5O. The SMILES string of the molecule is CN1CCCC(c2nc3c(F)c(F)cc(C(=N)N(O)c4cccc(Cl)c4)c3[nH]2)C1. The van der Waals surface area contributed by atoms with Gasteiger partial charge in [-0.25, -0.2) is 18.8 Å². The lowest BCUT2D eigenvalue weighted by molar-refractivity contribution is 0.246. The lowest BCUT2D eigenvalue weighted by atomic mass is 9.98. The van der Waals surface area contributed by atoms with Crippen molar-refractivity contribution in [1.82, 2.24) is 14.9 Å². The number of amidine groups is 1. The van der Waals surface area contributed by atoms with E-state index in [2.05, 4.69) is 14.9 Å². The number of halogens is 3. The molecule has 1 unspecified atom stereocenters. The van der Waals surface area contributed by atoms with Gasteiger partial charge in [-0.1, -0.05) is 17.7 Å². The first-order chi connectivity index (χ1) is 13.8. The summed E-state index contributed by atoms with van der Waals surface area (Å²) < 4.78 is 28.7. The minimum Gasteiger partial charge on any atom is -0.341 e. The van der Waals surface area contributed by atoms with Crippen molar-refractivity contribution >= 4 is 34.2 Å². The molecule has 0 saturated carbocycles. The average Bonchev–Trinajstić information content (AvgIpc) is 3.15. The molecule has 1 aromatic heterocycles. The maximum atomic E-state index is 14.4. The second-order valence-corrected chi connectivity index (χ2v) is 7.74. The van der Waals surface area contributed by atoms with Gasteiger partial charge in [0, 0.05) is 23.0 Å². The zero-order chi connectivity index (χ0) is 20.7. The van der Waals surface area contributed by atoms with Crippen molar-refractivity contribution in [1.29, 1.82) is 5.41 Å². The number of aromatic amines is 1. The summed E-state index contributed by atoms with van der Waals surface area (Å²) in [4.78, 5) is 9.54. The predicted octanol–water partition coefficient (Wildman–Crippen LogP) is 4.52. The van der Waals surface area contributed by atoms with Crippen LogP contribution in [0, 0.1) is 17.0 Å². The molecule has 2 heterocycles. The number of imidazole rings is 1. The Balaban J connectivity index is 1.77. The van der Waals surface area contributed by atoms with Crippen LogP contribution in [0.15, 0.2) is 30.3 Å². The molecule has 29 heavy (non-hydrogen) atoms. The van der Waals surface area contributed by atoms with Gasteiger partial charge in [0.05, 0.1) is 11.2 Å². The van der Waals surface area contributed by atoms with Crippen LogP contribution in [0.2, 0.25) is 5.02 Å². The van der Waals surface area contributed by atoms with Gasteiger partial charge >= 0.3 is 0 Å². The van der Waals surface area contributed by atoms with Crippen LogP contribution in [0.25, 0.3) is 11.0 Å². The van der Waals surface area contributed by atoms with Gasteiger partial charge in [-0.15, -0.1) is 0 Å². The van der Waals surface area contributed by atoms with Crippen molar-refractivity contribution in [3.63, 3.8) is 0 Å². The second-order valence-electron chi connectivity index (χ2n) is 7.31. The number of likely N-dealkylation sites (N-methyl/N-ethyl adjacent to an activating group) is 1. The van der Waals surface area contributed by atoms with E-state index >= 15 is 0 Å². The molecule has 3 aromatic rings. The number of hydrogen-bond acceptors (Lipinski definition) is 4. The van der Waals surface area contributed by atoms with Crippen molar-refractivity contribution in [3.8, 4) is 0 Å². The van der Waals surface area contributed by atoms with Gasteiger partial charge in [0.15, 0.2) is 17.5 Å². The number of piperidine rings is 1. The molecule has 0 amide bonds. The van der Waals surface area contributed by atoms with Crippen LogP contribution in [-0.2, 0) is 0 Å². The monoisotopic (exact) mass is 419 g/mol. The summed E-state index contributed by atoms with van der Waals surface area (Å²) in [5.74, 6) is -2.01. The molecule has 0 radical (unpaired) electrons. The predicted molar refractivity (Wildman–Crippen MR) is 108 cm³/mol. The van der Waals surface area contributed by atoms with Crippen LogP contribution in [0.3, 0.4) is 0 Å². The first kappa shape index (κ1) is 19.8. The fraction of sp³-hybridized carbons (Fsp3) is 0.300. The van der Waals surface area contributed by atoms with E-state index in [-0.39, 0.29) is 28.2 Å². The van der Waals surface area contributed by atoms with Gasteiger partial charge in [0.1, 0.15) is 11.3 Å². The molecule has 1 fully saturated rings. The number of hydrogen-bond donors (Lipinski definition) is 3. The van der Waals surface area contributed by atoms with Crippen LogP contribution in [-0.4, -0.2) is 46.0 Å². The third-order valence-electron chi connectivity index (χ3n) is 5.21. The summed E-state index contributed by atoms with van der Waals surface area (Å²) in [5.41, 5.74) is 0.240. The van der Waals surface area contributed by atoms with Crippen LogP contribution >= 0.6 is 11.6 Å².